The minimum Gasteiger partial charge on any atom is -0.478 e. The fourth-order valence-corrected chi connectivity index (χ4v) is 1.72. The van der Waals surface area contributed by atoms with Crippen LogP contribution in [0.4, 0.5) is 0 Å². The molecule has 0 radical (unpaired) electrons. The zero-order valence-corrected chi connectivity index (χ0v) is 15.4. The van der Waals surface area contributed by atoms with Gasteiger partial charge in [0.2, 0.25) is 5.88 Å². The van der Waals surface area contributed by atoms with Crippen LogP contribution in [0.15, 0.2) is 23.3 Å². The molecule has 1 rings (SSSR count). The highest BCUT2D eigenvalue weighted by Crippen LogP contribution is 2.13. The fraction of sp³-hybridized carbons (Fsp3) is 0.571. The van der Waals surface area contributed by atoms with Gasteiger partial charge in [-0.3, -0.25) is 4.99 Å². The zero-order chi connectivity index (χ0) is 14.8. The third-order valence-electron chi connectivity index (χ3n) is 2.60. The van der Waals surface area contributed by atoms with Gasteiger partial charge in [0.15, 0.2) is 5.96 Å². The van der Waals surface area contributed by atoms with Gasteiger partial charge in [-0.15, -0.1) is 24.0 Å². The van der Waals surface area contributed by atoms with E-state index in [9.17, 15) is 0 Å². The van der Waals surface area contributed by atoms with E-state index in [0.29, 0.717) is 25.6 Å². The van der Waals surface area contributed by atoms with Crippen molar-refractivity contribution in [1.82, 2.24) is 15.6 Å². The predicted octanol–water partition coefficient (Wildman–Crippen LogP) is 1.80. The van der Waals surface area contributed by atoms with Gasteiger partial charge in [0.05, 0.1) is 13.2 Å². The molecule has 1 heterocycles. The Hall–Kier alpha value is -1.09. The molecule has 7 heteroatoms. The Morgan fingerprint density at radius 3 is 2.86 bits per heavy atom. The van der Waals surface area contributed by atoms with Crippen LogP contribution >= 0.6 is 24.0 Å². The number of aromatic nitrogens is 1. The number of ether oxygens (including phenoxy) is 2. The maximum atomic E-state index is 5.49. The first-order valence-corrected chi connectivity index (χ1v) is 6.74. The van der Waals surface area contributed by atoms with Gasteiger partial charge in [-0.1, -0.05) is 6.07 Å². The Kier molecular flexibility index (Phi) is 11.0. The highest BCUT2D eigenvalue weighted by atomic mass is 127. The molecule has 0 bridgehead atoms. The molecule has 0 spiro atoms. The summed E-state index contributed by atoms with van der Waals surface area (Å²) < 4.78 is 10.6. The van der Waals surface area contributed by atoms with Crippen molar-refractivity contribution < 1.29 is 9.47 Å². The fourth-order valence-electron chi connectivity index (χ4n) is 1.72. The predicted molar refractivity (Wildman–Crippen MR) is 95.5 cm³/mol. The third-order valence-corrected chi connectivity index (χ3v) is 2.60. The van der Waals surface area contributed by atoms with E-state index in [1.165, 1.54) is 0 Å². The normalized spacial score (nSPS) is 12.3. The van der Waals surface area contributed by atoms with Crippen molar-refractivity contribution in [3.8, 4) is 5.88 Å². The Morgan fingerprint density at radius 2 is 2.24 bits per heavy atom. The molecule has 0 amide bonds. The first-order chi connectivity index (χ1) is 9.71. The van der Waals surface area contributed by atoms with E-state index >= 15 is 0 Å². The van der Waals surface area contributed by atoms with Gasteiger partial charge in [0, 0.05) is 38.5 Å². The molecule has 0 aromatic carbocycles. The van der Waals surface area contributed by atoms with E-state index in [1.54, 1.807) is 20.4 Å². The second-order valence-corrected chi connectivity index (χ2v) is 4.33. The number of nitrogens with zero attached hydrogens (tertiary/aromatic N) is 2. The number of guanidine groups is 1. The molecular formula is C14H25IN4O2. The van der Waals surface area contributed by atoms with Gasteiger partial charge in [-0.2, -0.15) is 0 Å². The van der Waals surface area contributed by atoms with E-state index in [4.69, 9.17) is 9.47 Å². The lowest BCUT2D eigenvalue weighted by atomic mass is 10.2. The molecule has 0 saturated carbocycles. The Labute approximate surface area is 143 Å². The minimum atomic E-state index is 0. The smallest absolute Gasteiger partial charge is 0.218 e. The van der Waals surface area contributed by atoms with Gasteiger partial charge in [-0.25, -0.2) is 4.98 Å². The van der Waals surface area contributed by atoms with Crippen LogP contribution in [0.1, 0.15) is 19.4 Å². The van der Waals surface area contributed by atoms with Crippen LogP contribution in [-0.2, 0) is 11.3 Å². The SMILES string of the molecule is CCOc1ncccc1CNC(=NC)NC(C)COC.I. The van der Waals surface area contributed by atoms with E-state index < -0.39 is 0 Å². The van der Waals surface area contributed by atoms with Crippen molar-refractivity contribution in [2.24, 2.45) is 4.99 Å². The number of halogens is 1. The van der Waals surface area contributed by atoms with Crippen LogP contribution in [0.5, 0.6) is 5.88 Å². The topological polar surface area (TPSA) is 67.8 Å². The summed E-state index contributed by atoms with van der Waals surface area (Å²) in [6.07, 6.45) is 1.72. The summed E-state index contributed by atoms with van der Waals surface area (Å²) in [6.45, 7) is 5.80. The molecule has 2 N–H and O–H groups in total. The molecule has 0 saturated heterocycles. The van der Waals surface area contributed by atoms with Crippen molar-refractivity contribution in [1.29, 1.82) is 0 Å². The number of methoxy groups -OCH3 is 1. The van der Waals surface area contributed by atoms with E-state index in [1.807, 2.05) is 26.0 Å². The van der Waals surface area contributed by atoms with Crippen molar-refractivity contribution in [2.45, 2.75) is 26.4 Å². The molecule has 0 aliphatic rings. The van der Waals surface area contributed by atoms with Crippen LogP contribution in [0.3, 0.4) is 0 Å². The number of pyridine rings is 1. The number of nitrogens with one attached hydrogen (secondary N) is 2. The minimum absolute atomic E-state index is 0. The number of aliphatic imine (C=N–C) groups is 1. The molecule has 0 aliphatic carbocycles. The van der Waals surface area contributed by atoms with Gasteiger partial charge in [0.1, 0.15) is 0 Å². The van der Waals surface area contributed by atoms with Crippen molar-refractivity contribution in [3.63, 3.8) is 0 Å². The summed E-state index contributed by atoms with van der Waals surface area (Å²) >= 11 is 0. The highest BCUT2D eigenvalue weighted by molar-refractivity contribution is 14.0. The summed E-state index contributed by atoms with van der Waals surface area (Å²) in [4.78, 5) is 8.40. The maximum Gasteiger partial charge on any atom is 0.218 e. The summed E-state index contributed by atoms with van der Waals surface area (Å²) in [7, 11) is 3.42. The third kappa shape index (κ3) is 7.47. The molecule has 0 aliphatic heterocycles. The number of hydrogen-bond donors (Lipinski definition) is 2. The second-order valence-electron chi connectivity index (χ2n) is 4.33. The summed E-state index contributed by atoms with van der Waals surface area (Å²) in [5, 5.41) is 6.48. The lowest BCUT2D eigenvalue weighted by molar-refractivity contribution is 0.179. The van der Waals surface area contributed by atoms with Crippen LogP contribution in [0.2, 0.25) is 0 Å². The van der Waals surface area contributed by atoms with Crippen LogP contribution in [0, 0.1) is 0 Å². The lowest BCUT2D eigenvalue weighted by Crippen LogP contribution is -2.43. The van der Waals surface area contributed by atoms with Gasteiger partial charge in [-0.05, 0) is 19.9 Å². The van der Waals surface area contributed by atoms with Gasteiger partial charge < -0.3 is 20.1 Å². The first kappa shape index (κ1) is 19.9. The molecular weight excluding hydrogens is 383 g/mol. The summed E-state index contributed by atoms with van der Waals surface area (Å²) in [5.41, 5.74) is 0.997. The first-order valence-electron chi connectivity index (χ1n) is 6.74. The lowest BCUT2D eigenvalue weighted by Gasteiger charge is -2.17. The molecule has 1 unspecified atom stereocenters. The molecule has 6 nitrogen and oxygen atoms in total. The highest BCUT2D eigenvalue weighted by Gasteiger charge is 2.07. The molecule has 21 heavy (non-hydrogen) atoms. The van der Waals surface area contributed by atoms with Crippen molar-refractivity contribution in [2.75, 3.05) is 27.4 Å². The standard InChI is InChI=1S/C14H24N4O2.HI/c1-5-20-13-12(7-6-8-16-13)9-17-14(15-3)18-11(2)10-19-4;/h6-8,11H,5,9-10H2,1-4H3,(H2,15,17,18);1H. The quantitative estimate of drug-likeness (QED) is 0.409. The Bertz CT molecular complexity index is 429. The summed E-state index contributed by atoms with van der Waals surface area (Å²) in [6, 6.07) is 4.06. The Morgan fingerprint density at radius 1 is 1.48 bits per heavy atom. The molecule has 1 atom stereocenters. The monoisotopic (exact) mass is 408 g/mol. The molecule has 120 valence electrons. The molecule has 1 aromatic heterocycles. The molecule has 0 fully saturated rings. The van der Waals surface area contributed by atoms with Crippen molar-refractivity contribution in [3.05, 3.63) is 23.9 Å². The van der Waals surface area contributed by atoms with Crippen LogP contribution in [-0.4, -0.2) is 44.4 Å². The average Bonchev–Trinajstić information content (AvgIpc) is 2.45. The second kappa shape index (κ2) is 11.6. The number of rotatable bonds is 7. The van der Waals surface area contributed by atoms with E-state index in [0.717, 1.165) is 11.5 Å². The zero-order valence-electron chi connectivity index (χ0n) is 13.0. The van der Waals surface area contributed by atoms with Gasteiger partial charge in [0.25, 0.3) is 0 Å². The van der Waals surface area contributed by atoms with Crippen molar-refractivity contribution >= 4 is 29.9 Å². The summed E-state index contributed by atoms with van der Waals surface area (Å²) in [5.74, 6) is 1.38. The van der Waals surface area contributed by atoms with E-state index in [2.05, 4.69) is 20.6 Å². The number of hydrogen-bond acceptors (Lipinski definition) is 4. The largest absolute Gasteiger partial charge is 0.478 e. The molecule has 1 aromatic rings. The van der Waals surface area contributed by atoms with Crippen LogP contribution < -0.4 is 15.4 Å². The van der Waals surface area contributed by atoms with E-state index in [-0.39, 0.29) is 30.0 Å². The maximum absolute atomic E-state index is 5.49. The Balaban J connectivity index is 0.00000400. The average molecular weight is 408 g/mol. The van der Waals surface area contributed by atoms with Crippen LogP contribution in [0.25, 0.3) is 0 Å². The van der Waals surface area contributed by atoms with Gasteiger partial charge >= 0.3 is 0 Å².